The molecule has 0 aliphatic rings. The molecule has 0 aromatic carbocycles. The number of hydrogen-bond acceptors (Lipinski definition) is 6. The number of rotatable bonds is 7. The lowest BCUT2D eigenvalue weighted by Gasteiger charge is -2.24. The van der Waals surface area contributed by atoms with Crippen molar-refractivity contribution >= 4 is 11.6 Å². The molecule has 0 aliphatic heterocycles. The molecule has 1 heterocycles. The number of hydrazine groups is 1. The number of nitrogens with one attached hydrogen (secondary N) is 1. The van der Waals surface area contributed by atoms with Gasteiger partial charge >= 0.3 is 0 Å². The highest BCUT2D eigenvalue weighted by Gasteiger charge is 2.15. The molecule has 1 aromatic heterocycles. The summed E-state index contributed by atoms with van der Waals surface area (Å²) in [4.78, 5) is 10.6. The van der Waals surface area contributed by atoms with Crippen LogP contribution in [0, 0.1) is 11.3 Å². The topological polar surface area (TPSA) is 90.9 Å². The van der Waals surface area contributed by atoms with E-state index in [0.29, 0.717) is 18.8 Å². The molecule has 98 valence electrons. The van der Waals surface area contributed by atoms with Crippen LogP contribution >= 0.6 is 0 Å². The lowest BCUT2D eigenvalue weighted by molar-refractivity contribution is 0.787. The van der Waals surface area contributed by atoms with E-state index in [9.17, 15) is 0 Å². The predicted octanol–water partition coefficient (Wildman–Crippen LogP) is 1.45. The van der Waals surface area contributed by atoms with E-state index in [-0.39, 0.29) is 0 Å². The average molecular weight is 248 g/mol. The molecule has 0 fully saturated rings. The predicted molar refractivity (Wildman–Crippen MR) is 72.0 cm³/mol. The first-order valence-corrected chi connectivity index (χ1v) is 6.20. The first-order chi connectivity index (χ1) is 8.78. The van der Waals surface area contributed by atoms with Crippen molar-refractivity contribution in [3.63, 3.8) is 0 Å². The minimum Gasteiger partial charge on any atom is -0.355 e. The number of nitrogens with two attached hydrogens (primary N) is 1. The molecular formula is C12H20N6. The summed E-state index contributed by atoms with van der Waals surface area (Å²) in [5.41, 5.74) is 3.63. The summed E-state index contributed by atoms with van der Waals surface area (Å²) in [7, 11) is 0. The maximum Gasteiger partial charge on any atom is 0.148 e. The highest BCUT2D eigenvalue weighted by Crippen LogP contribution is 2.24. The van der Waals surface area contributed by atoms with Crippen LogP contribution in [-0.2, 0) is 6.42 Å². The van der Waals surface area contributed by atoms with Gasteiger partial charge in [-0.05, 0) is 13.3 Å². The molecule has 0 unspecified atom stereocenters. The van der Waals surface area contributed by atoms with Gasteiger partial charge in [-0.15, -0.1) is 0 Å². The number of anilines is 2. The van der Waals surface area contributed by atoms with Crippen molar-refractivity contribution in [1.29, 1.82) is 5.26 Å². The van der Waals surface area contributed by atoms with Gasteiger partial charge in [0.2, 0.25) is 0 Å². The van der Waals surface area contributed by atoms with E-state index < -0.39 is 0 Å². The summed E-state index contributed by atoms with van der Waals surface area (Å²) in [6.07, 6.45) is 3.83. The summed E-state index contributed by atoms with van der Waals surface area (Å²) < 4.78 is 0. The highest BCUT2D eigenvalue weighted by molar-refractivity contribution is 5.58. The minimum atomic E-state index is 0.481. The number of hydrogen-bond donors (Lipinski definition) is 2. The van der Waals surface area contributed by atoms with Gasteiger partial charge in [0.05, 0.1) is 12.5 Å². The summed E-state index contributed by atoms with van der Waals surface area (Å²) in [6.45, 7) is 5.62. The van der Waals surface area contributed by atoms with Crippen LogP contribution in [0.15, 0.2) is 6.33 Å². The zero-order valence-electron chi connectivity index (χ0n) is 11.0. The van der Waals surface area contributed by atoms with Gasteiger partial charge < -0.3 is 10.3 Å². The SMILES string of the molecule is CCCc1c(NN)ncnc1N(CC)CCC#N. The largest absolute Gasteiger partial charge is 0.355 e. The monoisotopic (exact) mass is 248 g/mol. The zero-order valence-corrected chi connectivity index (χ0v) is 11.0. The molecule has 6 heteroatoms. The van der Waals surface area contributed by atoms with Crippen LogP contribution in [0.5, 0.6) is 0 Å². The van der Waals surface area contributed by atoms with Gasteiger partial charge in [0.15, 0.2) is 0 Å². The number of nitrogen functional groups attached to an aromatic ring is 1. The first-order valence-electron chi connectivity index (χ1n) is 6.20. The maximum atomic E-state index is 8.69. The third-order valence-corrected chi connectivity index (χ3v) is 2.73. The van der Waals surface area contributed by atoms with E-state index in [4.69, 9.17) is 11.1 Å². The van der Waals surface area contributed by atoms with E-state index in [0.717, 1.165) is 30.8 Å². The number of nitrogens with zero attached hydrogens (tertiary/aromatic N) is 4. The molecule has 0 atom stereocenters. The lowest BCUT2D eigenvalue weighted by atomic mass is 10.1. The van der Waals surface area contributed by atoms with Gasteiger partial charge in [-0.1, -0.05) is 13.3 Å². The molecule has 0 saturated heterocycles. The van der Waals surface area contributed by atoms with Gasteiger partial charge in [0.1, 0.15) is 18.0 Å². The van der Waals surface area contributed by atoms with Gasteiger partial charge in [0.25, 0.3) is 0 Å². The summed E-state index contributed by atoms with van der Waals surface area (Å²) in [6, 6.07) is 2.16. The van der Waals surface area contributed by atoms with Crippen LogP contribution in [0.2, 0.25) is 0 Å². The van der Waals surface area contributed by atoms with Crippen molar-refractivity contribution in [2.75, 3.05) is 23.4 Å². The average Bonchev–Trinajstić information content (AvgIpc) is 2.41. The van der Waals surface area contributed by atoms with E-state index in [1.807, 2.05) is 6.92 Å². The summed E-state index contributed by atoms with van der Waals surface area (Å²) >= 11 is 0. The van der Waals surface area contributed by atoms with Crippen molar-refractivity contribution in [3.05, 3.63) is 11.9 Å². The van der Waals surface area contributed by atoms with Crippen LogP contribution in [0.3, 0.4) is 0 Å². The number of aromatic nitrogens is 2. The van der Waals surface area contributed by atoms with E-state index >= 15 is 0 Å². The molecule has 1 rings (SSSR count). The fraction of sp³-hybridized carbons (Fsp3) is 0.583. The van der Waals surface area contributed by atoms with Crippen LogP contribution in [-0.4, -0.2) is 23.1 Å². The first kappa shape index (κ1) is 14.2. The molecule has 0 aliphatic carbocycles. The Hall–Kier alpha value is -1.87. The molecule has 6 nitrogen and oxygen atoms in total. The lowest BCUT2D eigenvalue weighted by Crippen LogP contribution is -2.27. The maximum absolute atomic E-state index is 8.69. The van der Waals surface area contributed by atoms with Crippen molar-refractivity contribution in [1.82, 2.24) is 9.97 Å². The second kappa shape index (κ2) is 7.45. The molecule has 18 heavy (non-hydrogen) atoms. The Morgan fingerprint density at radius 3 is 2.78 bits per heavy atom. The van der Waals surface area contributed by atoms with Crippen LogP contribution in [0.1, 0.15) is 32.3 Å². The van der Waals surface area contributed by atoms with Gasteiger partial charge in [-0.2, -0.15) is 5.26 Å². The molecule has 0 amide bonds. The van der Waals surface area contributed by atoms with Crippen molar-refractivity contribution in [3.8, 4) is 6.07 Å². The molecule has 3 N–H and O–H groups in total. The number of nitriles is 1. The molecule has 0 spiro atoms. The third kappa shape index (κ3) is 3.31. The minimum absolute atomic E-state index is 0.481. The Morgan fingerprint density at radius 1 is 1.44 bits per heavy atom. The second-order valence-corrected chi connectivity index (χ2v) is 3.91. The van der Waals surface area contributed by atoms with Crippen molar-refractivity contribution in [2.45, 2.75) is 33.1 Å². The highest BCUT2D eigenvalue weighted by atomic mass is 15.3. The summed E-state index contributed by atoms with van der Waals surface area (Å²) in [5.74, 6) is 7.02. The van der Waals surface area contributed by atoms with E-state index in [2.05, 4.69) is 33.3 Å². The Morgan fingerprint density at radius 2 is 2.22 bits per heavy atom. The molecule has 0 saturated carbocycles. The normalized spacial score (nSPS) is 9.89. The van der Waals surface area contributed by atoms with Crippen molar-refractivity contribution < 1.29 is 0 Å². The third-order valence-electron chi connectivity index (χ3n) is 2.73. The molecule has 0 bridgehead atoms. The van der Waals surface area contributed by atoms with Crippen LogP contribution in [0.25, 0.3) is 0 Å². The van der Waals surface area contributed by atoms with Gasteiger partial charge in [-0.3, -0.25) is 0 Å². The molecular weight excluding hydrogens is 228 g/mol. The molecule has 1 aromatic rings. The van der Waals surface area contributed by atoms with Crippen LogP contribution in [0.4, 0.5) is 11.6 Å². The smallest absolute Gasteiger partial charge is 0.148 e. The fourth-order valence-electron chi connectivity index (χ4n) is 1.88. The van der Waals surface area contributed by atoms with Gasteiger partial charge in [0, 0.05) is 18.7 Å². The Balaban J connectivity index is 3.08. The molecule has 0 radical (unpaired) electrons. The Kier molecular flexibility index (Phi) is 5.88. The van der Waals surface area contributed by atoms with E-state index in [1.54, 1.807) is 0 Å². The van der Waals surface area contributed by atoms with E-state index in [1.165, 1.54) is 6.33 Å². The summed E-state index contributed by atoms with van der Waals surface area (Å²) in [5, 5.41) is 8.69. The van der Waals surface area contributed by atoms with Crippen molar-refractivity contribution in [2.24, 2.45) is 5.84 Å². The standard InChI is InChI=1S/C12H20N6/c1-3-6-10-11(17-14)15-9-16-12(10)18(4-2)8-5-7-13/h9H,3-6,8,14H2,1-2H3,(H,15,16,17). The fourth-order valence-corrected chi connectivity index (χ4v) is 1.88. The van der Waals surface area contributed by atoms with Gasteiger partial charge in [-0.25, -0.2) is 15.8 Å². The Bertz CT molecular complexity index is 412. The quantitative estimate of drug-likeness (QED) is 0.560. The van der Waals surface area contributed by atoms with Crippen LogP contribution < -0.4 is 16.2 Å². The Labute approximate surface area is 108 Å². The zero-order chi connectivity index (χ0) is 13.4. The second-order valence-electron chi connectivity index (χ2n) is 3.91.